The SMILES string of the molecule is O=C(Nc1nccs1)C(CC1CCCCC1)N1CCN(S(=O)(=O)c2ccc(-c3cnco3)s2)CC1=O. The van der Waals surface area contributed by atoms with Gasteiger partial charge in [0, 0.05) is 24.7 Å². The summed E-state index contributed by atoms with van der Waals surface area (Å²) in [7, 11) is -3.87. The quantitative estimate of drug-likeness (QED) is 0.454. The predicted molar refractivity (Wildman–Crippen MR) is 136 cm³/mol. The molecule has 1 atom stereocenters. The molecule has 0 bridgehead atoms. The number of carbonyl (C=O) groups excluding carboxylic acids is 2. The molecule has 1 aliphatic heterocycles. The first kappa shape index (κ1) is 25.1. The van der Waals surface area contributed by atoms with E-state index in [9.17, 15) is 18.0 Å². The minimum atomic E-state index is -3.87. The van der Waals surface area contributed by atoms with Crippen molar-refractivity contribution in [2.45, 2.75) is 48.8 Å². The molecular formula is C23H27N5O5S3. The van der Waals surface area contributed by atoms with Crippen LogP contribution in [0.1, 0.15) is 38.5 Å². The number of rotatable bonds is 8. The Hall–Kier alpha value is -2.61. The second kappa shape index (κ2) is 10.8. The van der Waals surface area contributed by atoms with Crippen LogP contribution in [0.15, 0.2) is 44.9 Å². The molecule has 2 aliphatic rings. The van der Waals surface area contributed by atoms with Crippen molar-refractivity contribution < 1.29 is 22.4 Å². The van der Waals surface area contributed by atoms with Gasteiger partial charge in [-0.25, -0.2) is 18.4 Å². The summed E-state index contributed by atoms with van der Waals surface area (Å²) >= 11 is 2.39. The first-order valence-electron chi connectivity index (χ1n) is 11.9. The van der Waals surface area contributed by atoms with Crippen LogP contribution in [0.3, 0.4) is 0 Å². The summed E-state index contributed by atoms with van der Waals surface area (Å²) in [5.74, 6) is 0.210. The second-order valence-corrected chi connectivity index (χ2v) is 13.1. The molecule has 4 heterocycles. The van der Waals surface area contributed by atoms with Crippen molar-refractivity contribution in [2.24, 2.45) is 5.92 Å². The lowest BCUT2D eigenvalue weighted by Gasteiger charge is -2.39. The summed E-state index contributed by atoms with van der Waals surface area (Å²) in [6.45, 7) is -0.0278. The number of piperazine rings is 1. The van der Waals surface area contributed by atoms with E-state index in [-0.39, 0.29) is 35.7 Å². The Morgan fingerprint density at radius 2 is 2.06 bits per heavy atom. The molecule has 192 valence electrons. The summed E-state index contributed by atoms with van der Waals surface area (Å²) in [4.78, 5) is 36.7. The van der Waals surface area contributed by atoms with E-state index in [4.69, 9.17) is 4.42 Å². The standard InChI is InChI=1S/C23H27N5O5S3/c29-20-14-27(36(31,32)21-7-6-19(35-21)18-13-24-15-33-18)9-10-28(20)17(12-16-4-2-1-3-5-16)22(30)26-23-25-8-11-34-23/h6-8,11,13,15-17H,1-5,9-10,12,14H2,(H,25,26,30). The van der Waals surface area contributed by atoms with Crippen molar-refractivity contribution in [3.63, 3.8) is 0 Å². The maximum atomic E-state index is 13.3. The Balaban J connectivity index is 1.30. The van der Waals surface area contributed by atoms with E-state index in [2.05, 4.69) is 15.3 Å². The Bertz CT molecular complexity index is 1280. The van der Waals surface area contributed by atoms with Gasteiger partial charge < -0.3 is 14.6 Å². The van der Waals surface area contributed by atoms with E-state index in [1.165, 1.54) is 40.7 Å². The van der Waals surface area contributed by atoms with Gasteiger partial charge in [-0.05, 0) is 24.5 Å². The molecule has 0 radical (unpaired) electrons. The van der Waals surface area contributed by atoms with E-state index in [1.54, 1.807) is 22.5 Å². The van der Waals surface area contributed by atoms with Crippen LogP contribution in [0.2, 0.25) is 0 Å². The van der Waals surface area contributed by atoms with Crippen molar-refractivity contribution in [2.75, 3.05) is 25.0 Å². The monoisotopic (exact) mass is 549 g/mol. The summed E-state index contributed by atoms with van der Waals surface area (Å²) in [6, 6.07) is 2.52. The first-order valence-corrected chi connectivity index (χ1v) is 15.0. The molecule has 3 aromatic rings. The number of amides is 2. The summed E-state index contributed by atoms with van der Waals surface area (Å²) in [5, 5.41) is 5.11. The van der Waals surface area contributed by atoms with Gasteiger partial charge in [-0.15, -0.1) is 22.7 Å². The van der Waals surface area contributed by atoms with E-state index < -0.39 is 16.1 Å². The number of sulfonamides is 1. The Kier molecular flexibility index (Phi) is 7.51. The van der Waals surface area contributed by atoms with Crippen LogP contribution in [0, 0.1) is 5.92 Å². The zero-order chi connectivity index (χ0) is 25.1. The Morgan fingerprint density at radius 3 is 2.75 bits per heavy atom. The van der Waals surface area contributed by atoms with Crippen LogP contribution in [0.5, 0.6) is 0 Å². The number of oxazole rings is 1. The van der Waals surface area contributed by atoms with E-state index >= 15 is 0 Å². The van der Waals surface area contributed by atoms with Gasteiger partial charge in [-0.1, -0.05) is 32.1 Å². The van der Waals surface area contributed by atoms with Gasteiger partial charge in [0.2, 0.25) is 11.8 Å². The number of nitrogens with one attached hydrogen (secondary N) is 1. The third kappa shape index (κ3) is 5.38. The number of hydrogen-bond donors (Lipinski definition) is 1. The molecule has 13 heteroatoms. The molecular weight excluding hydrogens is 522 g/mol. The van der Waals surface area contributed by atoms with Crippen LogP contribution in [0.4, 0.5) is 5.13 Å². The van der Waals surface area contributed by atoms with Gasteiger partial charge in [0.05, 0.1) is 17.6 Å². The molecule has 0 aromatic carbocycles. The van der Waals surface area contributed by atoms with Crippen molar-refractivity contribution in [1.82, 2.24) is 19.2 Å². The second-order valence-electron chi connectivity index (χ2n) is 8.99. The van der Waals surface area contributed by atoms with Crippen LogP contribution < -0.4 is 5.32 Å². The number of aromatic nitrogens is 2. The highest BCUT2D eigenvalue weighted by molar-refractivity contribution is 7.91. The van der Waals surface area contributed by atoms with Gasteiger partial charge >= 0.3 is 0 Å². The third-order valence-corrected chi connectivity index (χ3v) is 10.8. The lowest BCUT2D eigenvalue weighted by atomic mass is 9.84. The summed E-state index contributed by atoms with van der Waals surface area (Å²) in [6.07, 6.45) is 10.5. The molecule has 2 fully saturated rings. The van der Waals surface area contributed by atoms with Gasteiger partial charge in [0.25, 0.3) is 10.0 Å². The predicted octanol–water partition coefficient (Wildman–Crippen LogP) is 3.67. The molecule has 10 nitrogen and oxygen atoms in total. The van der Waals surface area contributed by atoms with E-state index in [0.29, 0.717) is 28.1 Å². The first-order chi connectivity index (χ1) is 17.4. The minimum absolute atomic E-state index is 0.120. The number of thiophene rings is 1. The fourth-order valence-corrected chi connectivity index (χ4v) is 8.17. The Labute approximate surface area is 217 Å². The van der Waals surface area contributed by atoms with Crippen molar-refractivity contribution >= 4 is 49.6 Å². The molecule has 1 N–H and O–H groups in total. The van der Waals surface area contributed by atoms with Gasteiger partial charge in [-0.2, -0.15) is 4.31 Å². The fourth-order valence-electron chi connectivity index (χ4n) is 4.84. The highest BCUT2D eigenvalue weighted by Gasteiger charge is 2.39. The number of anilines is 1. The smallest absolute Gasteiger partial charge is 0.253 e. The molecule has 0 spiro atoms. The topological polar surface area (TPSA) is 126 Å². The maximum absolute atomic E-state index is 13.3. The van der Waals surface area contributed by atoms with Crippen LogP contribution in [0.25, 0.3) is 10.6 Å². The van der Waals surface area contributed by atoms with Crippen LogP contribution in [-0.4, -0.2) is 65.1 Å². The lowest BCUT2D eigenvalue weighted by molar-refractivity contribution is -0.142. The highest BCUT2D eigenvalue weighted by atomic mass is 32.2. The zero-order valence-electron chi connectivity index (χ0n) is 19.5. The normalized spacial score (nSPS) is 18.9. The van der Waals surface area contributed by atoms with Gasteiger partial charge in [-0.3, -0.25) is 9.59 Å². The number of nitrogens with zero attached hydrogens (tertiary/aromatic N) is 4. The fraction of sp³-hybridized carbons (Fsp3) is 0.478. The van der Waals surface area contributed by atoms with E-state index in [0.717, 1.165) is 37.0 Å². The van der Waals surface area contributed by atoms with Crippen LogP contribution >= 0.6 is 22.7 Å². The minimum Gasteiger partial charge on any atom is -0.443 e. The zero-order valence-corrected chi connectivity index (χ0v) is 22.0. The van der Waals surface area contributed by atoms with Crippen molar-refractivity contribution in [3.8, 4) is 10.6 Å². The molecule has 5 rings (SSSR count). The highest BCUT2D eigenvalue weighted by Crippen LogP contribution is 2.33. The number of thiazole rings is 1. The van der Waals surface area contributed by atoms with Gasteiger partial charge in [0.15, 0.2) is 17.3 Å². The molecule has 1 saturated heterocycles. The summed E-state index contributed by atoms with van der Waals surface area (Å²) in [5.41, 5.74) is 0. The largest absolute Gasteiger partial charge is 0.443 e. The molecule has 1 saturated carbocycles. The van der Waals surface area contributed by atoms with Crippen molar-refractivity contribution in [1.29, 1.82) is 0 Å². The lowest BCUT2D eigenvalue weighted by Crippen LogP contribution is -2.58. The van der Waals surface area contributed by atoms with Gasteiger partial charge in [0.1, 0.15) is 10.3 Å². The Morgan fingerprint density at radius 1 is 1.22 bits per heavy atom. The molecule has 1 unspecified atom stereocenters. The van der Waals surface area contributed by atoms with Crippen LogP contribution in [-0.2, 0) is 19.6 Å². The molecule has 2 amide bonds. The molecule has 1 aliphatic carbocycles. The average Bonchev–Trinajstić information content (AvgIpc) is 3.66. The summed E-state index contributed by atoms with van der Waals surface area (Å²) < 4.78 is 33.2. The third-order valence-electron chi connectivity index (χ3n) is 6.70. The maximum Gasteiger partial charge on any atom is 0.253 e. The number of carbonyl (C=O) groups is 2. The van der Waals surface area contributed by atoms with Crippen molar-refractivity contribution in [3.05, 3.63) is 36.3 Å². The average molecular weight is 550 g/mol. The molecule has 3 aromatic heterocycles. The number of hydrogen-bond acceptors (Lipinski definition) is 9. The molecule has 36 heavy (non-hydrogen) atoms. The van der Waals surface area contributed by atoms with E-state index in [1.807, 2.05) is 0 Å².